The molecule has 0 saturated carbocycles. The van der Waals surface area contributed by atoms with Crippen molar-refractivity contribution in [2.24, 2.45) is 11.5 Å². The first-order valence-corrected chi connectivity index (χ1v) is 8.53. The topological polar surface area (TPSA) is 81.1 Å². The number of hydrogen-bond acceptors (Lipinski definition) is 3. The third-order valence-electron chi connectivity index (χ3n) is 4.13. The molecule has 128 valence electrons. The van der Waals surface area contributed by atoms with E-state index < -0.39 is 0 Å². The second-order valence-corrected chi connectivity index (χ2v) is 6.07. The summed E-state index contributed by atoms with van der Waals surface area (Å²) in [5.74, 6) is 0.0728. The molecule has 4 nitrogen and oxygen atoms in total. The summed E-state index contributed by atoms with van der Waals surface area (Å²) < 4.78 is 0. The maximum absolute atomic E-state index is 12.4. The fourth-order valence-electron chi connectivity index (χ4n) is 2.78. The van der Waals surface area contributed by atoms with E-state index in [1.165, 1.54) is 0 Å². The molecular formula is C20H27N3O. The summed E-state index contributed by atoms with van der Waals surface area (Å²) in [6, 6.07) is 20.2. The number of nitrogens with two attached hydrogens (primary N) is 2. The van der Waals surface area contributed by atoms with E-state index in [2.05, 4.69) is 29.6 Å². The van der Waals surface area contributed by atoms with Gasteiger partial charge in [-0.2, -0.15) is 0 Å². The van der Waals surface area contributed by atoms with Crippen LogP contribution >= 0.6 is 0 Å². The standard InChI is InChI=1S/C20H27N3O/c21-13-7-12-18(22)15-23-20(24)14-19(16-8-3-1-4-9-16)17-10-5-2-6-11-17/h1-6,8-11,18-19H,7,12-15,21-22H2,(H,23,24). The molecule has 1 unspecified atom stereocenters. The maximum Gasteiger partial charge on any atom is 0.221 e. The van der Waals surface area contributed by atoms with E-state index in [1.807, 2.05) is 36.4 Å². The molecule has 0 aromatic heterocycles. The molecule has 0 aliphatic carbocycles. The van der Waals surface area contributed by atoms with Gasteiger partial charge >= 0.3 is 0 Å². The molecule has 24 heavy (non-hydrogen) atoms. The summed E-state index contributed by atoms with van der Waals surface area (Å²) >= 11 is 0. The Bertz CT molecular complexity index is 561. The lowest BCUT2D eigenvalue weighted by atomic mass is 9.88. The van der Waals surface area contributed by atoms with Gasteiger partial charge in [0, 0.05) is 24.9 Å². The Kier molecular flexibility index (Phi) is 7.46. The summed E-state index contributed by atoms with van der Waals surface area (Å²) in [4.78, 5) is 12.4. The van der Waals surface area contributed by atoms with Crippen molar-refractivity contribution in [3.05, 3.63) is 71.8 Å². The van der Waals surface area contributed by atoms with Crippen LogP contribution < -0.4 is 16.8 Å². The van der Waals surface area contributed by atoms with E-state index in [-0.39, 0.29) is 17.9 Å². The molecule has 2 aromatic carbocycles. The van der Waals surface area contributed by atoms with E-state index in [4.69, 9.17) is 11.5 Å². The molecule has 0 fully saturated rings. The van der Waals surface area contributed by atoms with Crippen LogP contribution in [-0.4, -0.2) is 25.0 Å². The van der Waals surface area contributed by atoms with Crippen molar-refractivity contribution < 1.29 is 4.79 Å². The van der Waals surface area contributed by atoms with Gasteiger partial charge in [0.05, 0.1) is 0 Å². The Morgan fingerprint density at radius 2 is 1.50 bits per heavy atom. The molecular weight excluding hydrogens is 298 g/mol. The quantitative estimate of drug-likeness (QED) is 0.662. The second kappa shape index (κ2) is 9.85. The van der Waals surface area contributed by atoms with Crippen molar-refractivity contribution >= 4 is 5.91 Å². The molecule has 0 saturated heterocycles. The van der Waals surface area contributed by atoms with E-state index in [1.54, 1.807) is 0 Å². The number of benzene rings is 2. The molecule has 4 heteroatoms. The number of carbonyl (C=O) groups excluding carboxylic acids is 1. The van der Waals surface area contributed by atoms with Crippen molar-refractivity contribution in [3.8, 4) is 0 Å². The van der Waals surface area contributed by atoms with Crippen molar-refractivity contribution in [1.29, 1.82) is 0 Å². The van der Waals surface area contributed by atoms with Gasteiger partial charge in [-0.15, -0.1) is 0 Å². The average molecular weight is 325 g/mol. The molecule has 0 radical (unpaired) electrons. The highest BCUT2D eigenvalue weighted by Crippen LogP contribution is 2.27. The van der Waals surface area contributed by atoms with Crippen LogP contribution in [0.4, 0.5) is 0 Å². The molecule has 0 bridgehead atoms. The zero-order valence-electron chi connectivity index (χ0n) is 14.0. The molecule has 0 spiro atoms. The largest absolute Gasteiger partial charge is 0.355 e. The Labute approximate surface area is 144 Å². The molecule has 1 atom stereocenters. The van der Waals surface area contributed by atoms with E-state index in [0.717, 1.165) is 24.0 Å². The Morgan fingerprint density at radius 1 is 0.958 bits per heavy atom. The van der Waals surface area contributed by atoms with Crippen LogP contribution in [0, 0.1) is 0 Å². The lowest BCUT2D eigenvalue weighted by Gasteiger charge is -2.19. The average Bonchev–Trinajstić information content (AvgIpc) is 2.64. The van der Waals surface area contributed by atoms with Gasteiger partial charge in [-0.1, -0.05) is 60.7 Å². The van der Waals surface area contributed by atoms with Gasteiger partial charge in [0.1, 0.15) is 0 Å². The normalized spacial score (nSPS) is 12.1. The minimum atomic E-state index is -0.0376. The van der Waals surface area contributed by atoms with Crippen LogP contribution in [0.25, 0.3) is 0 Å². The summed E-state index contributed by atoms with van der Waals surface area (Å²) in [7, 11) is 0. The van der Waals surface area contributed by atoms with Crippen LogP contribution in [0.1, 0.15) is 36.3 Å². The molecule has 0 aliphatic heterocycles. The Morgan fingerprint density at radius 3 is 2.00 bits per heavy atom. The van der Waals surface area contributed by atoms with E-state index in [9.17, 15) is 4.79 Å². The molecule has 2 rings (SSSR count). The van der Waals surface area contributed by atoms with E-state index >= 15 is 0 Å². The molecule has 1 amide bonds. The maximum atomic E-state index is 12.4. The first-order chi connectivity index (χ1) is 11.7. The number of nitrogens with one attached hydrogen (secondary N) is 1. The molecule has 5 N–H and O–H groups in total. The summed E-state index contributed by atoms with van der Waals surface area (Å²) in [6.45, 7) is 1.13. The number of amides is 1. The number of rotatable bonds is 9. The molecule has 2 aromatic rings. The van der Waals surface area contributed by atoms with Gasteiger partial charge in [-0.25, -0.2) is 0 Å². The third-order valence-corrected chi connectivity index (χ3v) is 4.13. The van der Waals surface area contributed by atoms with Crippen LogP contribution in [-0.2, 0) is 4.79 Å². The third kappa shape index (κ3) is 5.80. The van der Waals surface area contributed by atoms with Crippen molar-refractivity contribution in [3.63, 3.8) is 0 Å². The van der Waals surface area contributed by atoms with Crippen LogP contribution in [0.2, 0.25) is 0 Å². The monoisotopic (exact) mass is 325 g/mol. The fraction of sp³-hybridized carbons (Fsp3) is 0.350. The van der Waals surface area contributed by atoms with Gasteiger partial charge < -0.3 is 16.8 Å². The first kappa shape index (κ1) is 18.2. The van der Waals surface area contributed by atoms with Gasteiger partial charge in [-0.05, 0) is 30.5 Å². The zero-order chi connectivity index (χ0) is 17.2. The van der Waals surface area contributed by atoms with Gasteiger partial charge in [0.25, 0.3) is 0 Å². The SMILES string of the molecule is NCCCC(N)CNC(=O)CC(c1ccccc1)c1ccccc1. The lowest BCUT2D eigenvalue weighted by Crippen LogP contribution is -2.38. The first-order valence-electron chi connectivity index (χ1n) is 8.53. The van der Waals surface area contributed by atoms with Gasteiger partial charge in [0.2, 0.25) is 5.91 Å². The van der Waals surface area contributed by atoms with Crippen molar-refractivity contribution in [2.45, 2.75) is 31.2 Å². The minimum Gasteiger partial charge on any atom is -0.355 e. The molecule has 0 aliphatic rings. The summed E-state index contributed by atoms with van der Waals surface area (Å²) in [5.41, 5.74) is 13.8. The van der Waals surface area contributed by atoms with Crippen molar-refractivity contribution in [2.75, 3.05) is 13.1 Å². The smallest absolute Gasteiger partial charge is 0.221 e. The zero-order valence-corrected chi connectivity index (χ0v) is 14.0. The number of hydrogen-bond donors (Lipinski definition) is 3. The summed E-state index contributed by atoms with van der Waals surface area (Å²) in [5, 5.41) is 2.96. The highest BCUT2D eigenvalue weighted by molar-refractivity contribution is 5.77. The van der Waals surface area contributed by atoms with Crippen molar-refractivity contribution in [1.82, 2.24) is 5.32 Å². The minimum absolute atomic E-state index is 0.0240. The van der Waals surface area contributed by atoms with E-state index in [0.29, 0.717) is 19.5 Å². The lowest BCUT2D eigenvalue weighted by molar-refractivity contribution is -0.121. The Hall–Kier alpha value is -2.17. The summed E-state index contributed by atoms with van der Waals surface area (Å²) in [6.07, 6.45) is 2.13. The highest BCUT2D eigenvalue weighted by atomic mass is 16.1. The fourth-order valence-corrected chi connectivity index (χ4v) is 2.78. The van der Waals surface area contributed by atoms with Gasteiger partial charge in [-0.3, -0.25) is 4.79 Å². The second-order valence-electron chi connectivity index (χ2n) is 6.07. The molecule has 0 heterocycles. The Balaban J connectivity index is 2.00. The predicted octanol–water partition coefficient (Wildman–Crippen LogP) is 2.39. The number of carbonyl (C=O) groups is 1. The van der Waals surface area contributed by atoms with Crippen LogP contribution in [0.5, 0.6) is 0 Å². The van der Waals surface area contributed by atoms with Gasteiger partial charge in [0.15, 0.2) is 0 Å². The predicted molar refractivity (Wildman–Crippen MR) is 98.6 cm³/mol. The highest BCUT2D eigenvalue weighted by Gasteiger charge is 2.18. The van der Waals surface area contributed by atoms with Crippen LogP contribution in [0.15, 0.2) is 60.7 Å². The van der Waals surface area contributed by atoms with Crippen LogP contribution in [0.3, 0.4) is 0 Å².